The Labute approximate surface area is 165 Å². The van der Waals surface area contributed by atoms with E-state index in [4.69, 9.17) is 4.74 Å². The number of rotatable bonds is 8. The van der Waals surface area contributed by atoms with Crippen molar-refractivity contribution in [2.75, 3.05) is 19.0 Å². The van der Waals surface area contributed by atoms with E-state index in [-0.39, 0.29) is 5.91 Å². The maximum atomic E-state index is 12.4. The number of anilines is 1. The van der Waals surface area contributed by atoms with Gasteiger partial charge in [0.15, 0.2) is 0 Å². The molecule has 28 heavy (non-hydrogen) atoms. The van der Waals surface area contributed by atoms with E-state index in [9.17, 15) is 4.79 Å². The number of aromatic nitrogens is 2. The van der Waals surface area contributed by atoms with Gasteiger partial charge in [-0.05, 0) is 42.2 Å². The van der Waals surface area contributed by atoms with Crippen molar-refractivity contribution in [1.29, 1.82) is 0 Å². The number of aryl methyl sites for hydroxylation is 1. The molecular weight excluding hydrogens is 352 g/mol. The van der Waals surface area contributed by atoms with Crippen molar-refractivity contribution in [2.45, 2.75) is 19.9 Å². The van der Waals surface area contributed by atoms with Gasteiger partial charge in [0.1, 0.15) is 11.4 Å². The zero-order valence-corrected chi connectivity index (χ0v) is 16.1. The maximum absolute atomic E-state index is 12.4. The van der Waals surface area contributed by atoms with Crippen LogP contribution in [0, 0.1) is 6.92 Å². The van der Waals surface area contributed by atoms with Crippen molar-refractivity contribution in [3.63, 3.8) is 0 Å². The first-order valence-corrected chi connectivity index (χ1v) is 9.19. The maximum Gasteiger partial charge on any atom is 0.270 e. The second-order valence-corrected chi connectivity index (χ2v) is 6.36. The summed E-state index contributed by atoms with van der Waals surface area (Å²) in [6.45, 7) is 3.12. The number of para-hydroxylation sites is 1. The van der Waals surface area contributed by atoms with E-state index in [2.05, 4.69) is 20.6 Å². The molecule has 1 amide bonds. The third-order valence-corrected chi connectivity index (χ3v) is 4.46. The number of methoxy groups -OCH3 is 1. The molecule has 0 saturated heterocycles. The summed E-state index contributed by atoms with van der Waals surface area (Å²) in [5.74, 6) is 1.06. The van der Waals surface area contributed by atoms with Crippen LogP contribution in [0.1, 0.15) is 27.2 Å². The van der Waals surface area contributed by atoms with Gasteiger partial charge in [0, 0.05) is 19.3 Å². The zero-order valence-electron chi connectivity index (χ0n) is 16.1. The molecular formula is C22H24N4O2. The highest BCUT2D eigenvalue weighted by Gasteiger charge is 2.09. The average molecular weight is 376 g/mol. The number of benzene rings is 2. The predicted octanol–water partition coefficient (Wildman–Crippen LogP) is 3.38. The molecule has 0 atom stereocenters. The quantitative estimate of drug-likeness (QED) is 0.630. The number of nitrogens with one attached hydrogen (secondary N) is 2. The number of amides is 1. The third-order valence-electron chi connectivity index (χ3n) is 4.46. The van der Waals surface area contributed by atoms with E-state index < -0.39 is 0 Å². The van der Waals surface area contributed by atoms with Crippen molar-refractivity contribution >= 4 is 11.9 Å². The summed E-state index contributed by atoms with van der Waals surface area (Å²) >= 11 is 0. The Morgan fingerprint density at radius 3 is 2.57 bits per heavy atom. The minimum absolute atomic E-state index is 0.224. The number of hydrogen-bond donors (Lipinski definition) is 2. The molecule has 1 aromatic heterocycles. The lowest BCUT2D eigenvalue weighted by molar-refractivity contribution is 0.0946. The highest BCUT2D eigenvalue weighted by atomic mass is 16.5. The van der Waals surface area contributed by atoms with E-state index in [1.165, 1.54) is 0 Å². The summed E-state index contributed by atoms with van der Waals surface area (Å²) in [6, 6.07) is 17.5. The number of ether oxygens (including phenoxy) is 1. The Balaban J connectivity index is 1.56. The van der Waals surface area contributed by atoms with Crippen LogP contribution in [0.25, 0.3) is 0 Å². The fourth-order valence-electron chi connectivity index (χ4n) is 2.86. The van der Waals surface area contributed by atoms with Gasteiger partial charge in [-0.15, -0.1) is 0 Å². The van der Waals surface area contributed by atoms with Crippen LogP contribution in [0.4, 0.5) is 5.95 Å². The molecule has 0 spiro atoms. The Kier molecular flexibility index (Phi) is 6.57. The average Bonchev–Trinajstić information content (AvgIpc) is 2.73. The first-order valence-electron chi connectivity index (χ1n) is 9.19. The van der Waals surface area contributed by atoms with Crippen LogP contribution in [0.5, 0.6) is 5.75 Å². The molecule has 0 unspecified atom stereocenters. The van der Waals surface area contributed by atoms with Crippen molar-refractivity contribution in [1.82, 2.24) is 15.3 Å². The molecule has 0 radical (unpaired) electrons. The Bertz CT molecular complexity index is 943. The molecule has 3 aromatic rings. The first-order chi connectivity index (χ1) is 13.7. The standard InChI is InChI=1S/C22H24N4O2/c1-16-7-3-4-9-18(16)15-25-21(27)19-12-14-24-22(26-19)23-13-11-17-8-5-6-10-20(17)28-2/h3-10,12,14H,11,13,15H2,1-2H3,(H,25,27)(H,23,24,26). The SMILES string of the molecule is COc1ccccc1CCNc1nccc(C(=O)NCc2ccccc2C)n1. The van der Waals surface area contributed by atoms with Gasteiger partial charge >= 0.3 is 0 Å². The zero-order chi connectivity index (χ0) is 19.8. The first kappa shape index (κ1) is 19.4. The van der Waals surface area contributed by atoms with Crippen molar-refractivity contribution in [3.05, 3.63) is 83.2 Å². The lowest BCUT2D eigenvalue weighted by Crippen LogP contribution is -2.24. The lowest BCUT2D eigenvalue weighted by atomic mass is 10.1. The number of nitrogens with zero attached hydrogens (tertiary/aromatic N) is 2. The van der Waals surface area contributed by atoms with Crippen molar-refractivity contribution < 1.29 is 9.53 Å². The van der Waals surface area contributed by atoms with Gasteiger partial charge < -0.3 is 15.4 Å². The Morgan fingerprint density at radius 1 is 1.04 bits per heavy atom. The van der Waals surface area contributed by atoms with Gasteiger partial charge in [-0.1, -0.05) is 42.5 Å². The molecule has 144 valence electrons. The molecule has 3 rings (SSSR count). The lowest BCUT2D eigenvalue weighted by Gasteiger charge is -2.10. The third kappa shape index (κ3) is 5.07. The highest BCUT2D eigenvalue weighted by molar-refractivity contribution is 5.92. The molecule has 2 aromatic carbocycles. The second kappa shape index (κ2) is 9.50. The normalized spacial score (nSPS) is 10.4. The van der Waals surface area contributed by atoms with Crippen LogP contribution in [0.2, 0.25) is 0 Å². The molecule has 0 aliphatic carbocycles. The summed E-state index contributed by atoms with van der Waals surface area (Å²) in [5.41, 5.74) is 3.66. The Morgan fingerprint density at radius 2 is 1.79 bits per heavy atom. The summed E-state index contributed by atoms with van der Waals surface area (Å²) < 4.78 is 5.36. The molecule has 0 fully saturated rings. The van der Waals surface area contributed by atoms with E-state index in [0.29, 0.717) is 24.7 Å². The molecule has 6 heteroatoms. The van der Waals surface area contributed by atoms with Gasteiger partial charge in [-0.3, -0.25) is 4.79 Å². The predicted molar refractivity (Wildman–Crippen MR) is 110 cm³/mol. The summed E-state index contributed by atoms with van der Waals surface area (Å²) in [7, 11) is 1.66. The largest absolute Gasteiger partial charge is 0.496 e. The van der Waals surface area contributed by atoms with Gasteiger partial charge in [0.2, 0.25) is 5.95 Å². The van der Waals surface area contributed by atoms with Crippen LogP contribution in [0.15, 0.2) is 60.8 Å². The Hall–Kier alpha value is -3.41. The molecule has 2 N–H and O–H groups in total. The van der Waals surface area contributed by atoms with Crippen LogP contribution in [-0.4, -0.2) is 29.5 Å². The number of hydrogen-bond acceptors (Lipinski definition) is 5. The van der Waals surface area contributed by atoms with Crippen molar-refractivity contribution in [2.24, 2.45) is 0 Å². The molecule has 0 bridgehead atoms. The minimum atomic E-state index is -0.224. The molecule has 0 aliphatic heterocycles. The van der Waals surface area contributed by atoms with Crippen LogP contribution in [0.3, 0.4) is 0 Å². The van der Waals surface area contributed by atoms with Gasteiger partial charge in [-0.2, -0.15) is 0 Å². The van der Waals surface area contributed by atoms with Crippen molar-refractivity contribution in [3.8, 4) is 5.75 Å². The van der Waals surface area contributed by atoms with E-state index in [1.54, 1.807) is 19.4 Å². The highest BCUT2D eigenvalue weighted by Crippen LogP contribution is 2.17. The monoisotopic (exact) mass is 376 g/mol. The van der Waals surface area contributed by atoms with Crippen LogP contribution >= 0.6 is 0 Å². The van der Waals surface area contributed by atoms with E-state index in [1.807, 2.05) is 55.5 Å². The topological polar surface area (TPSA) is 76.1 Å². The number of carbonyl (C=O) groups excluding carboxylic acids is 1. The molecule has 6 nitrogen and oxygen atoms in total. The summed E-state index contributed by atoms with van der Waals surface area (Å²) in [5, 5.41) is 6.07. The van der Waals surface area contributed by atoms with E-state index in [0.717, 1.165) is 28.9 Å². The smallest absolute Gasteiger partial charge is 0.270 e. The molecule has 0 aliphatic rings. The van der Waals surface area contributed by atoms with Gasteiger partial charge in [-0.25, -0.2) is 9.97 Å². The summed E-state index contributed by atoms with van der Waals surface area (Å²) in [6.07, 6.45) is 2.35. The van der Waals surface area contributed by atoms with Gasteiger partial charge in [0.05, 0.1) is 7.11 Å². The fourth-order valence-corrected chi connectivity index (χ4v) is 2.86. The molecule has 1 heterocycles. The second-order valence-electron chi connectivity index (χ2n) is 6.36. The van der Waals surface area contributed by atoms with Gasteiger partial charge in [0.25, 0.3) is 5.91 Å². The molecule has 0 saturated carbocycles. The number of carbonyl (C=O) groups is 1. The van der Waals surface area contributed by atoms with Crippen LogP contribution < -0.4 is 15.4 Å². The fraction of sp³-hybridized carbons (Fsp3) is 0.227. The summed E-state index contributed by atoms with van der Waals surface area (Å²) in [4.78, 5) is 20.9. The van der Waals surface area contributed by atoms with Crippen LogP contribution in [-0.2, 0) is 13.0 Å². The van der Waals surface area contributed by atoms with E-state index >= 15 is 0 Å². The minimum Gasteiger partial charge on any atom is -0.496 e.